The molecule has 0 saturated carbocycles. The summed E-state index contributed by atoms with van der Waals surface area (Å²) in [5.74, 6) is -0.525. The third-order valence-corrected chi connectivity index (χ3v) is 5.90. The summed E-state index contributed by atoms with van der Waals surface area (Å²) in [6.45, 7) is 4.12. The highest BCUT2D eigenvalue weighted by atomic mass is 32.2. The van der Waals surface area contributed by atoms with E-state index < -0.39 is 5.97 Å². The molecule has 1 aliphatic heterocycles. The van der Waals surface area contributed by atoms with Crippen LogP contribution < -0.4 is 4.74 Å². The first-order valence-electron chi connectivity index (χ1n) is 10.1. The van der Waals surface area contributed by atoms with Gasteiger partial charge in [-0.2, -0.15) is 0 Å². The van der Waals surface area contributed by atoms with Gasteiger partial charge in [-0.25, -0.2) is 4.79 Å². The summed E-state index contributed by atoms with van der Waals surface area (Å²) >= 11 is 0.884. The van der Waals surface area contributed by atoms with E-state index in [1.54, 1.807) is 42.5 Å². The van der Waals surface area contributed by atoms with Gasteiger partial charge in [-0.3, -0.25) is 14.5 Å². The van der Waals surface area contributed by atoms with E-state index in [1.807, 2.05) is 50.2 Å². The minimum absolute atomic E-state index is 0.216. The molecule has 32 heavy (non-hydrogen) atoms. The van der Waals surface area contributed by atoms with Crippen molar-refractivity contribution in [1.29, 1.82) is 0 Å². The number of amides is 2. The lowest BCUT2D eigenvalue weighted by Crippen LogP contribution is -2.27. The fraction of sp³-hybridized carbons (Fsp3) is 0.115. The molecule has 1 aliphatic rings. The van der Waals surface area contributed by atoms with Gasteiger partial charge in [0.25, 0.3) is 11.1 Å². The second-order valence-corrected chi connectivity index (χ2v) is 8.54. The molecule has 0 radical (unpaired) electrons. The second-order valence-electron chi connectivity index (χ2n) is 7.55. The van der Waals surface area contributed by atoms with Gasteiger partial charge in [0.05, 0.1) is 17.0 Å². The standard InChI is InChI=1S/C26H21NO4S/c1-17-10-12-20(13-11-17)25(29)31-22-9-4-3-8-21(22)15-23-24(28)27(26(30)32-23)16-19-7-5-6-18(2)14-19/h3-15H,16H2,1-2H3/b23-15-. The van der Waals surface area contributed by atoms with Crippen LogP contribution >= 0.6 is 11.8 Å². The van der Waals surface area contributed by atoms with Crippen LogP contribution in [-0.4, -0.2) is 22.0 Å². The number of nitrogens with zero attached hydrogens (tertiary/aromatic N) is 1. The van der Waals surface area contributed by atoms with Crippen molar-refractivity contribution in [2.75, 3.05) is 0 Å². The second kappa shape index (κ2) is 9.24. The molecule has 5 nitrogen and oxygen atoms in total. The fourth-order valence-corrected chi connectivity index (χ4v) is 4.14. The lowest BCUT2D eigenvalue weighted by atomic mass is 10.1. The highest BCUT2D eigenvalue weighted by Crippen LogP contribution is 2.35. The minimum Gasteiger partial charge on any atom is -0.422 e. The molecule has 0 unspecified atom stereocenters. The number of thioether (sulfide) groups is 1. The zero-order valence-corrected chi connectivity index (χ0v) is 18.5. The average Bonchev–Trinajstić information content (AvgIpc) is 3.03. The Kier molecular flexibility index (Phi) is 6.23. The van der Waals surface area contributed by atoms with Crippen LogP contribution in [0.1, 0.15) is 32.6 Å². The Labute approximate surface area is 190 Å². The largest absolute Gasteiger partial charge is 0.422 e. The monoisotopic (exact) mass is 443 g/mol. The third kappa shape index (κ3) is 4.81. The minimum atomic E-state index is -0.488. The summed E-state index contributed by atoms with van der Waals surface area (Å²) in [7, 11) is 0. The van der Waals surface area contributed by atoms with Crippen molar-refractivity contribution in [2.24, 2.45) is 0 Å². The van der Waals surface area contributed by atoms with Gasteiger partial charge in [-0.1, -0.05) is 65.7 Å². The molecular formula is C26H21NO4S. The highest BCUT2D eigenvalue weighted by Gasteiger charge is 2.35. The molecule has 0 N–H and O–H groups in total. The Bertz CT molecular complexity index is 1230. The maximum atomic E-state index is 12.9. The van der Waals surface area contributed by atoms with Gasteiger partial charge < -0.3 is 4.74 Å². The predicted octanol–water partition coefficient (Wildman–Crippen LogP) is 5.76. The van der Waals surface area contributed by atoms with Crippen LogP contribution in [0.5, 0.6) is 5.75 Å². The molecule has 0 aliphatic carbocycles. The molecule has 0 bridgehead atoms. The molecule has 0 atom stereocenters. The summed E-state index contributed by atoms with van der Waals surface area (Å²) < 4.78 is 5.58. The van der Waals surface area contributed by atoms with Crippen LogP contribution in [0.3, 0.4) is 0 Å². The van der Waals surface area contributed by atoms with Crippen molar-refractivity contribution in [3.8, 4) is 5.75 Å². The quantitative estimate of drug-likeness (QED) is 0.285. The number of esters is 1. The molecule has 1 saturated heterocycles. The number of imide groups is 1. The van der Waals surface area contributed by atoms with E-state index in [1.165, 1.54) is 4.90 Å². The lowest BCUT2D eigenvalue weighted by Gasteiger charge is -2.13. The molecular weight excluding hydrogens is 422 g/mol. The number of aryl methyl sites for hydroxylation is 2. The normalized spacial score (nSPS) is 14.8. The molecule has 0 spiro atoms. The van der Waals surface area contributed by atoms with E-state index in [0.29, 0.717) is 21.8 Å². The van der Waals surface area contributed by atoms with Gasteiger partial charge >= 0.3 is 5.97 Å². The van der Waals surface area contributed by atoms with Crippen molar-refractivity contribution in [1.82, 2.24) is 4.90 Å². The Hall–Kier alpha value is -3.64. The summed E-state index contributed by atoms with van der Waals surface area (Å²) in [6.07, 6.45) is 1.60. The molecule has 6 heteroatoms. The lowest BCUT2D eigenvalue weighted by molar-refractivity contribution is -0.123. The molecule has 4 rings (SSSR count). The van der Waals surface area contributed by atoms with Crippen molar-refractivity contribution in [2.45, 2.75) is 20.4 Å². The maximum Gasteiger partial charge on any atom is 0.343 e. The zero-order chi connectivity index (χ0) is 22.7. The maximum absolute atomic E-state index is 12.9. The number of benzene rings is 3. The Balaban J connectivity index is 1.55. The van der Waals surface area contributed by atoms with Crippen molar-refractivity contribution < 1.29 is 19.1 Å². The number of hydrogen-bond donors (Lipinski definition) is 0. The fourth-order valence-electron chi connectivity index (χ4n) is 3.31. The van der Waals surface area contributed by atoms with Gasteiger partial charge in [0, 0.05) is 5.56 Å². The third-order valence-electron chi connectivity index (χ3n) is 4.99. The molecule has 0 aromatic heterocycles. The molecule has 2 amide bonds. The average molecular weight is 444 g/mol. The van der Waals surface area contributed by atoms with Gasteiger partial charge in [-0.05, 0) is 55.4 Å². The topological polar surface area (TPSA) is 63.7 Å². The first-order chi connectivity index (χ1) is 15.4. The number of hydrogen-bond acceptors (Lipinski definition) is 5. The van der Waals surface area contributed by atoms with Crippen LogP contribution in [-0.2, 0) is 11.3 Å². The van der Waals surface area contributed by atoms with Crippen molar-refractivity contribution >= 4 is 35.0 Å². The first-order valence-corrected chi connectivity index (χ1v) is 10.9. The SMILES string of the molecule is Cc1ccc(C(=O)Oc2ccccc2/C=C2\SC(=O)N(Cc3cccc(C)c3)C2=O)cc1. The Morgan fingerprint density at radius 3 is 2.44 bits per heavy atom. The van der Waals surface area contributed by atoms with E-state index >= 15 is 0 Å². The van der Waals surface area contributed by atoms with E-state index in [-0.39, 0.29) is 17.7 Å². The van der Waals surface area contributed by atoms with E-state index in [9.17, 15) is 14.4 Å². The first kappa shape index (κ1) is 21.6. The summed E-state index contributed by atoms with van der Waals surface area (Å²) in [4.78, 5) is 39.5. The van der Waals surface area contributed by atoms with Gasteiger partial charge in [0.1, 0.15) is 5.75 Å². The summed E-state index contributed by atoms with van der Waals surface area (Å²) in [5.41, 5.74) is 3.98. The number of carbonyl (C=O) groups excluding carboxylic acids is 3. The van der Waals surface area contributed by atoms with Crippen molar-refractivity contribution in [3.05, 3.63) is 106 Å². The zero-order valence-electron chi connectivity index (χ0n) is 17.7. The van der Waals surface area contributed by atoms with Crippen LogP contribution in [0.4, 0.5) is 4.79 Å². The summed E-state index contributed by atoms with van der Waals surface area (Å²) in [5, 5.41) is -0.322. The Morgan fingerprint density at radius 1 is 0.938 bits per heavy atom. The number of para-hydroxylation sites is 1. The highest BCUT2D eigenvalue weighted by molar-refractivity contribution is 8.18. The van der Waals surface area contributed by atoms with Crippen LogP contribution in [0.2, 0.25) is 0 Å². The molecule has 1 heterocycles. The number of carbonyl (C=O) groups is 3. The van der Waals surface area contributed by atoms with E-state index in [2.05, 4.69) is 0 Å². The molecule has 3 aromatic rings. The van der Waals surface area contributed by atoms with Gasteiger partial charge in [0.15, 0.2) is 0 Å². The molecule has 3 aromatic carbocycles. The van der Waals surface area contributed by atoms with E-state index in [4.69, 9.17) is 4.74 Å². The Morgan fingerprint density at radius 2 is 1.69 bits per heavy atom. The smallest absolute Gasteiger partial charge is 0.343 e. The van der Waals surface area contributed by atoms with Crippen LogP contribution in [0.25, 0.3) is 6.08 Å². The van der Waals surface area contributed by atoms with Gasteiger partial charge in [0.2, 0.25) is 0 Å². The van der Waals surface area contributed by atoms with Crippen LogP contribution in [0.15, 0.2) is 77.7 Å². The predicted molar refractivity (Wildman–Crippen MR) is 125 cm³/mol. The van der Waals surface area contributed by atoms with Gasteiger partial charge in [-0.15, -0.1) is 0 Å². The molecule has 160 valence electrons. The van der Waals surface area contributed by atoms with Crippen LogP contribution in [0, 0.1) is 13.8 Å². The van der Waals surface area contributed by atoms with E-state index in [0.717, 1.165) is 28.5 Å². The number of ether oxygens (including phenoxy) is 1. The molecule has 1 fully saturated rings. The number of rotatable bonds is 5. The summed E-state index contributed by atoms with van der Waals surface area (Å²) in [6, 6.07) is 21.7. The van der Waals surface area contributed by atoms with Crippen molar-refractivity contribution in [3.63, 3.8) is 0 Å².